The molecular weight excluding hydrogens is 487 g/mol. The van der Waals surface area contributed by atoms with Gasteiger partial charge in [-0.2, -0.15) is 0 Å². The van der Waals surface area contributed by atoms with E-state index >= 15 is 0 Å². The Bertz CT molecular complexity index is 1080. The van der Waals surface area contributed by atoms with Crippen molar-refractivity contribution < 1.29 is 9.47 Å². The molecule has 0 saturated carbocycles. The summed E-state index contributed by atoms with van der Waals surface area (Å²) in [5.74, 6) is 7.39. The second-order valence-electron chi connectivity index (χ2n) is 8.90. The molecule has 0 unspecified atom stereocenters. The molecule has 0 spiro atoms. The van der Waals surface area contributed by atoms with Crippen molar-refractivity contribution in [2.45, 2.75) is 19.6 Å². The first-order chi connectivity index (χ1) is 16.2. The van der Waals surface area contributed by atoms with Gasteiger partial charge in [-0.3, -0.25) is 0 Å². The minimum Gasteiger partial charge on any atom is -0.378 e. The number of hydrogen-bond donors (Lipinski definition) is 0. The highest BCUT2D eigenvalue weighted by atomic mass is 35.5. The molecule has 6 nitrogen and oxygen atoms in total. The zero-order chi connectivity index (χ0) is 24.6. The van der Waals surface area contributed by atoms with Gasteiger partial charge in [-0.15, -0.1) is 12.0 Å². The molecule has 2 aliphatic heterocycles. The van der Waals surface area contributed by atoms with Crippen LogP contribution in [0.2, 0.25) is 29.7 Å². The zero-order valence-corrected chi connectivity index (χ0v) is 22.4. The molecule has 0 bridgehead atoms. The number of morpholine rings is 2. The lowest BCUT2D eigenvalue weighted by Gasteiger charge is -2.28. The first-order valence-corrected chi connectivity index (χ1v) is 15.5. The van der Waals surface area contributed by atoms with Crippen molar-refractivity contribution in [2.75, 3.05) is 62.4 Å². The van der Waals surface area contributed by atoms with Gasteiger partial charge in [-0.05, 0) is 24.3 Å². The number of pyridine rings is 2. The Morgan fingerprint density at radius 2 is 1.24 bits per heavy atom. The lowest BCUT2D eigenvalue weighted by molar-refractivity contribution is 0.122. The number of nitrogens with zero attached hydrogens (tertiary/aromatic N) is 4. The second-order valence-corrected chi connectivity index (χ2v) is 14.5. The topological polar surface area (TPSA) is 50.7 Å². The highest BCUT2D eigenvalue weighted by Crippen LogP contribution is 2.20. The fourth-order valence-electron chi connectivity index (χ4n) is 3.27. The van der Waals surface area contributed by atoms with Gasteiger partial charge in [0.15, 0.2) is 0 Å². The van der Waals surface area contributed by atoms with Gasteiger partial charge in [0.25, 0.3) is 0 Å². The van der Waals surface area contributed by atoms with Crippen molar-refractivity contribution in [1.29, 1.82) is 0 Å². The van der Waals surface area contributed by atoms with Crippen molar-refractivity contribution in [1.82, 2.24) is 9.97 Å². The van der Waals surface area contributed by atoms with E-state index in [2.05, 4.69) is 56.8 Å². The summed E-state index contributed by atoms with van der Waals surface area (Å²) in [5, 5.41) is 1.32. The Balaban J connectivity index is 0.000000196. The molecule has 2 aromatic heterocycles. The highest BCUT2D eigenvalue weighted by Gasteiger charge is 2.15. The van der Waals surface area contributed by atoms with E-state index in [-0.39, 0.29) is 0 Å². The minimum absolute atomic E-state index is 0.573. The van der Waals surface area contributed by atoms with Crippen LogP contribution in [0.4, 0.5) is 11.6 Å². The quantitative estimate of drug-likeness (QED) is 0.436. The lowest BCUT2D eigenvalue weighted by atomic mass is 10.3. The monoisotopic (exact) mass is 516 g/mol. The Hall–Kier alpha value is -2.26. The number of aromatic nitrogens is 2. The number of rotatable bonds is 2. The van der Waals surface area contributed by atoms with Gasteiger partial charge in [0.2, 0.25) is 0 Å². The fraction of sp³-hybridized carbons (Fsp3) is 0.440. The molecule has 2 fully saturated rings. The molecule has 0 atom stereocenters. The van der Waals surface area contributed by atoms with Gasteiger partial charge in [0.05, 0.1) is 26.4 Å². The van der Waals surface area contributed by atoms with E-state index in [0.29, 0.717) is 15.7 Å². The number of terminal acetylenes is 1. The summed E-state index contributed by atoms with van der Waals surface area (Å²) < 4.78 is 10.6. The van der Waals surface area contributed by atoms with Gasteiger partial charge < -0.3 is 19.3 Å². The molecule has 0 radical (unpaired) electrons. The van der Waals surface area contributed by atoms with E-state index in [1.807, 2.05) is 18.2 Å². The fourth-order valence-corrected chi connectivity index (χ4v) is 4.17. The molecule has 0 aliphatic carbocycles. The predicted molar refractivity (Wildman–Crippen MR) is 143 cm³/mol. The average molecular weight is 518 g/mol. The van der Waals surface area contributed by atoms with Crippen LogP contribution in [-0.4, -0.2) is 70.6 Å². The summed E-state index contributed by atoms with van der Waals surface area (Å²) in [6.07, 6.45) is 5.30. The van der Waals surface area contributed by atoms with Gasteiger partial charge >= 0.3 is 0 Å². The molecule has 2 aromatic rings. The van der Waals surface area contributed by atoms with Crippen LogP contribution in [0.25, 0.3) is 0 Å². The van der Waals surface area contributed by atoms with Crippen molar-refractivity contribution in [3.8, 4) is 23.8 Å². The molecule has 34 heavy (non-hydrogen) atoms. The van der Waals surface area contributed by atoms with Crippen molar-refractivity contribution in [3.63, 3.8) is 0 Å². The maximum Gasteiger partial charge on any atom is 0.131 e. The van der Waals surface area contributed by atoms with E-state index in [1.165, 1.54) is 0 Å². The van der Waals surface area contributed by atoms with E-state index in [9.17, 15) is 0 Å². The SMILES string of the molecule is C#Cc1cc(Cl)cc(N2CCOCC2)n1.C[Si](C)(C)C#Cc1cc(Cl)cc(N2CCOCC2)n1. The molecule has 4 rings (SSSR count). The molecular formula is C25H30Cl2N4O2Si. The standard InChI is InChI=1S/C14H19ClN2OSi.C11H11ClN2O/c1-19(2,3)9-4-13-10-12(15)11-14(16-13)17-5-7-18-8-6-17;1-2-10-7-9(12)8-11(13-10)14-3-5-15-6-4-14/h10-11H,5-8H2,1-3H3;1,7-8H,3-6H2. The second kappa shape index (κ2) is 12.4. The molecule has 2 aliphatic rings. The molecule has 4 heterocycles. The summed E-state index contributed by atoms with van der Waals surface area (Å²) in [4.78, 5) is 13.2. The number of hydrogen-bond acceptors (Lipinski definition) is 6. The number of anilines is 2. The Labute approximate surface area is 213 Å². The molecule has 0 aromatic carbocycles. The van der Waals surface area contributed by atoms with Crippen molar-refractivity contribution in [3.05, 3.63) is 45.7 Å². The van der Waals surface area contributed by atoms with Crippen LogP contribution in [0.15, 0.2) is 24.3 Å². The molecule has 0 amide bonds. The molecule has 180 valence electrons. The van der Waals surface area contributed by atoms with Gasteiger partial charge in [-0.1, -0.05) is 54.7 Å². The summed E-state index contributed by atoms with van der Waals surface area (Å²) in [6.45, 7) is 12.9. The van der Waals surface area contributed by atoms with Crippen LogP contribution >= 0.6 is 23.2 Å². The van der Waals surface area contributed by atoms with E-state index in [1.54, 1.807) is 6.07 Å². The Morgan fingerprint density at radius 1 is 0.794 bits per heavy atom. The predicted octanol–water partition coefficient (Wildman–Crippen LogP) is 4.35. The molecule has 9 heteroatoms. The third-order valence-electron chi connectivity index (χ3n) is 4.94. The summed E-state index contributed by atoms with van der Waals surface area (Å²) in [6, 6.07) is 7.24. The van der Waals surface area contributed by atoms with Crippen LogP contribution in [0.5, 0.6) is 0 Å². The average Bonchev–Trinajstić information content (AvgIpc) is 2.83. The summed E-state index contributed by atoms with van der Waals surface area (Å²) in [5.41, 5.74) is 4.65. The van der Waals surface area contributed by atoms with E-state index in [4.69, 9.17) is 39.1 Å². The van der Waals surface area contributed by atoms with Gasteiger partial charge in [0, 0.05) is 36.2 Å². The van der Waals surface area contributed by atoms with Crippen LogP contribution < -0.4 is 9.80 Å². The lowest BCUT2D eigenvalue weighted by Crippen LogP contribution is -2.36. The van der Waals surface area contributed by atoms with E-state index < -0.39 is 8.07 Å². The van der Waals surface area contributed by atoms with Gasteiger partial charge in [0.1, 0.15) is 31.1 Å². The first kappa shape index (κ1) is 26.3. The van der Waals surface area contributed by atoms with Crippen molar-refractivity contribution >= 4 is 42.9 Å². The van der Waals surface area contributed by atoms with Crippen LogP contribution in [-0.2, 0) is 9.47 Å². The van der Waals surface area contributed by atoms with Crippen LogP contribution in [0.3, 0.4) is 0 Å². The highest BCUT2D eigenvalue weighted by molar-refractivity contribution is 6.83. The molecule has 0 N–H and O–H groups in total. The maximum atomic E-state index is 6.16. The minimum atomic E-state index is -1.39. The van der Waals surface area contributed by atoms with Crippen molar-refractivity contribution in [2.24, 2.45) is 0 Å². The van der Waals surface area contributed by atoms with Crippen LogP contribution in [0.1, 0.15) is 11.4 Å². The van der Waals surface area contributed by atoms with E-state index in [0.717, 1.165) is 69.9 Å². The maximum absolute atomic E-state index is 6.16. The third kappa shape index (κ3) is 8.50. The summed E-state index contributed by atoms with van der Waals surface area (Å²) >= 11 is 12.1. The Morgan fingerprint density at radius 3 is 1.68 bits per heavy atom. The summed E-state index contributed by atoms with van der Waals surface area (Å²) in [7, 11) is -1.39. The third-order valence-corrected chi connectivity index (χ3v) is 6.25. The number of halogens is 2. The number of ether oxygens (including phenoxy) is 2. The molecule has 2 saturated heterocycles. The largest absolute Gasteiger partial charge is 0.378 e. The zero-order valence-electron chi connectivity index (χ0n) is 19.9. The normalized spacial score (nSPS) is 16.0. The smallest absolute Gasteiger partial charge is 0.131 e. The van der Waals surface area contributed by atoms with Gasteiger partial charge in [-0.25, -0.2) is 9.97 Å². The van der Waals surface area contributed by atoms with Crippen LogP contribution in [0, 0.1) is 23.8 Å². The Kier molecular flexibility index (Phi) is 9.64. The first-order valence-electron chi connectivity index (χ1n) is 11.2.